The fraction of sp³-hybridized carbons (Fsp3) is 0.200. The molecule has 2 aromatic rings. The first-order valence-electron chi connectivity index (χ1n) is 4.88. The van der Waals surface area contributed by atoms with Gasteiger partial charge in [-0.1, -0.05) is 5.16 Å². The highest BCUT2D eigenvalue weighted by Crippen LogP contribution is 2.22. The number of aliphatic hydroxyl groups excluding tert-OH is 1. The molecule has 0 fully saturated rings. The van der Waals surface area contributed by atoms with Crippen LogP contribution >= 0.6 is 0 Å². The van der Waals surface area contributed by atoms with Gasteiger partial charge in [0.2, 0.25) is 11.7 Å². The third-order valence-corrected chi connectivity index (χ3v) is 2.20. The van der Waals surface area contributed by atoms with Gasteiger partial charge in [0, 0.05) is 5.56 Å². The molecular formula is C10H8F3N3O2. The standard InChI is InChI=1S/C10H8F3N3O2/c11-5-1-4(2-6(12)8(5)13)9-15-10(18-16-9)7(14)3-17/h1-2,7,17H,3,14H2/t7-/m0/s1. The lowest BCUT2D eigenvalue weighted by molar-refractivity contribution is 0.237. The Morgan fingerprint density at radius 3 is 2.44 bits per heavy atom. The highest BCUT2D eigenvalue weighted by Gasteiger charge is 2.18. The van der Waals surface area contributed by atoms with Gasteiger partial charge >= 0.3 is 0 Å². The molecular weight excluding hydrogens is 251 g/mol. The number of aliphatic hydroxyl groups is 1. The van der Waals surface area contributed by atoms with Gasteiger partial charge in [0.1, 0.15) is 6.04 Å². The number of halogens is 3. The Labute approximate surface area is 99.0 Å². The number of rotatable bonds is 3. The molecule has 0 aliphatic heterocycles. The summed E-state index contributed by atoms with van der Waals surface area (Å²) in [6.07, 6.45) is 0. The van der Waals surface area contributed by atoms with Gasteiger partial charge in [0.25, 0.3) is 0 Å². The number of nitrogens with two attached hydrogens (primary N) is 1. The van der Waals surface area contributed by atoms with E-state index in [1.807, 2.05) is 0 Å². The second kappa shape index (κ2) is 4.75. The molecule has 96 valence electrons. The molecule has 8 heteroatoms. The molecule has 0 radical (unpaired) electrons. The summed E-state index contributed by atoms with van der Waals surface area (Å²) < 4.78 is 43.4. The SMILES string of the molecule is N[C@@H](CO)c1nc(-c2cc(F)c(F)c(F)c2)no1. The first-order valence-corrected chi connectivity index (χ1v) is 4.88. The first kappa shape index (κ1) is 12.5. The Morgan fingerprint density at radius 2 is 1.89 bits per heavy atom. The largest absolute Gasteiger partial charge is 0.394 e. The van der Waals surface area contributed by atoms with Crippen molar-refractivity contribution in [3.63, 3.8) is 0 Å². The normalized spacial score (nSPS) is 12.7. The van der Waals surface area contributed by atoms with Gasteiger partial charge in [-0.05, 0) is 12.1 Å². The maximum atomic E-state index is 13.0. The van der Waals surface area contributed by atoms with Crippen LogP contribution in [0.15, 0.2) is 16.7 Å². The zero-order valence-electron chi connectivity index (χ0n) is 8.90. The molecule has 0 spiro atoms. The Morgan fingerprint density at radius 1 is 1.28 bits per heavy atom. The van der Waals surface area contributed by atoms with Crippen LogP contribution in [0.4, 0.5) is 13.2 Å². The van der Waals surface area contributed by atoms with Crippen LogP contribution in [0.3, 0.4) is 0 Å². The van der Waals surface area contributed by atoms with Crippen LogP contribution in [0.5, 0.6) is 0 Å². The minimum atomic E-state index is -1.57. The van der Waals surface area contributed by atoms with Crippen molar-refractivity contribution in [2.45, 2.75) is 6.04 Å². The third-order valence-electron chi connectivity index (χ3n) is 2.20. The lowest BCUT2D eigenvalue weighted by atomic mass is 10.2. The van der Waals surface area contributed by atoms with Crippen LogP contribution < -0.4 is 5.73 Å². The molecule has 1 heterocycles. The summed E-state index contributed by atoms with van der Waals surface area (Å²) in [5.41, 5.74) is 5.32. The predicted molar refractivity (Wildman–Crippen MR) is 53.6 cm³/mol. The lowest BCUT2D eigenvalue weighted by Gasteiger charge is -1.99. The van der Waals surface area contributed by atoms with Crippen molar-refractivity contribution in [1.29, 1.82) is 0 Å². The smallest absolute Gasteiger partial charge is 0.246 e. The van der Waals surface area contributed by atoms with Crippen molar-refractivity contribution < 1.29 is 22.8 Å². The van der Waals surface area contributed by atoms with Gasteiger partial charge in [-0.2, -0.15) is 4.98 Å². The van der Waals surface area contributed by atoms with Crippen LogP contribution in [0.2, 0.25) is 0 Å². The molecule has 0 amide bonds. The second-order valence-electron chi connectivity index (χ2n) is 3.50. The van der Waals surface area contributed by atoms with E-state index in [-0.39, 0.29) is 17.3 Å². The molecule has 1 aromatic carbocycles. The zero-order valence-corrected chi connectivity index (χ0v) is 8.90. The maximum absolute atomic E-state index is 13.0. The molecule has 0 aliphatic carbocycles. The molecule has 0 unspecified atom stereocenters. The number of hydrogen-bond donors (Lipinski definition) is 2. The molecule has 0 saturated heterocycles. The fourth-order valence-electron chi connectivity index (χ4n) is 1.27. The molecule has 0 bridgehead atoms. The van der Waals surface area contributed by atoms with Gasteiger partial charge in [-0.15, -0.1) is 0 Å². The topological polar surface area (TPSA) is 85.2 Å². The molecule has 3 N–H and O–H groups in total. The van der Waals surface area contributed by atoms with Gasteiger partial charge in [-0.3, -0.25) is 0 Å². The van der Waals surface area contributed by atoms with Crippen molar-refractivity contribution in [2.75, 3.05) is 6.61 Å². The molecule has 1 atom stereocenters. The highest BCUT2D eigenvalue weighted by atomic mass is 19.2. The average Bonchev–Trinajstić information content (AvgIpc) is 2.84. The zero-order chi connectivity index (χ0) is 13.3. The van der Waals surface area contributed by atoms with Crippen molar-refractivity contribution in [1.82, 2.24) is 10.1 Å². The summed E-state index contributed by atoms with van der Waals surface area (Å²) in [4.78, 5) is 3.74. The van der Waals surface area contributed by atoms with E-state index in [1.54, 1.807) is 0 Å². The molecule has 5 nitrogen and oxygen atoms in total. The maximum Gasteiger partial charge on any atom is 0.246 e. The van der Waals surface area contributed by atoms with E-state index in [4.69, 9.17) is 15.4 Å². The minimum absolute atomic E-state index is 0.0855. The molecule has 18 heavy (non-hydrogen) atoms. The second-order valence-corrected chi connectivity index (χ2v) is 3.50. The van der Waals surface area contributed by atoms with Crippen molar-refractivity contribution in [3.8, 4) is 11.4 Å². The minimum Gasteiger partial charge on any atom is -0.394 e. The lowest BCUT2D eigenvalue weighted by Crippen LogP contribution is -2.14. The molecule has 1 aromatic heterocycles. The van der Waals surface area contributed by atoms with Crippen LogP contribution in [0.25, 0.3) is 11.4 Å². The van der Waals surface area contributed by atoms with E-state index in [0.717, 1.165) is 12.1 Å². The van der Waals surface area contributed by atoms with Crippen molar-refractivity contribution >= 4 is 0 Å². The van der Waals surface area contributed by atoms with Gasteiger partial charge in [-0.25, -0.2) is 13.2 Å². The summed E-state index contributed by atoms with van der Waals surface area (Å²) in [5, 5.41) is 12.2. The van der Waals surface area contributed by atoms with Crippen LogP contribution in [0, 0.1) is 17.5 Å². The summed E-state index contributed by atoms with van der Waals surface area (Å²) in [5.74, 6) is -4.52. The van der Waals surface area contributed by atoms with Gasteiger partial charge < -0.3 is 15.4 Å². The number of aromatic nitrogens is 2. The molecule has 0 aliphatic rings. The van der Waals surface area contributed by atoms with E-state index in [9.17, 15) is 13.2 Å². The predicted octanol–water partition coefficient (Wildman–Crippen LogP) is 1.15. The van der Waals surface area contributed by atoms with Crippen molar-refractivity contribution in [3.05, 3.63) is 35.5 Å². The number of hydrogen-bond acceptors (Lipinski definition) is 5. The summed E-state index contributed by atoms with van der Waals surface area (Å²) in [6, 6.07) is 0.580. The van der Waals surface area contributed by atoms with Crippen LogP contribution in [-0.4, -0.2) is 21.9 Å². The quantitative estimate of drug-likeness (QED) is 0.807. The third kappa shape index (κ3) is 2.20. The van der Waals surface area contributed by atoms with Gasteiger partial charge in [0.15, 0.2) is 17.5 Å². The Kier molecular flexibility index (Phi) is 3.30. The average molecular weight is 259 g/mol. The van der Waals surface area contributed by atoms with Gasteiger partial charge in [0.05, 0.1) is 6.61 Å². The first-order chi connectivity index (χ1) is 8.52. The molecule has 0 saturated carbocycles. The van der Waals surface area contributed by atoms with E-state index in [0.29, 0.717) is 0 Å². The summed E-state index contributed by atoms with van der Waals surface area (Å²) >= 11 is 0. The molecule has 2 rings (SSSR count). The van der Waals surface area contributed by atoms with Crippen LogP contribution in [0.1, 0.15) is 11.9 Å². The van der Waals surface area contributed by atoms with E-state index in [1.165, 1.54) is 0 Å². The summed E-state index contributed by atoms with van der Waals surface area (Å²) in [6.45, 7) is -0.423. The number of nitrogens with zero attached hydrogens (tertiary/aromatic N) is 2. The fourth-order valence-corrected chi connectivity index (χ4v) is 1.27. The Balaban J connectivity index is 2.40. The van der Waals surface area contributed by atoms with Crippen molar-refractivity contribution in [2.24, 2.45) is 5.73 Å². The Bertz CT molecular complexity index is 550. The summed E-state index contributed by atoms with van der Waals surface area (Å²) in [7, 11) is 0. The Hall–Kier alpha value is -1.93. The van der Waals surface area contributed by atoms with E-state index >= 15 is 0 Å². The highest BCUT2D eigenvalue weighted by molar-refractivity contribution is 5.54. The number of benzene rings is 1. The monoisotopic (exact) mass is 259 g/mol. The van der Waals surface area contributed by atoms with E-state index < -0.39 is 30.1 Å². The van der Waals surface area contributed by atoms with E-state index in [2.05, 4.69) is 10.1 Å². The van der Waals surface area contributed by atoms with Crippen LogP contribution in [-0.2, 0) is 0 Å².